The van der Waals surface area contributed by atoms with E-state index in [0.717, 1.165) is 22.4 Å². The molecule has 3 rings (SSSR count). The largest absolute Gasteiger partial charge is 0.481 e. The summed E-state index contributed by atoms with van der Waals surface area (Å²) >= 11 is 7.76. The lowest BCUT2D eigenvalue weighted by Crippen LogP contribution is -2.42. The van der Waals surface area contributed by atoms with Crippen LogP contribution in [0.15, 0.2) is 53.7 Å². The Bertz CT molecular complexity index is 983. The standard InChI is InChI=1S/C23H25ClN2O5S/c1-14-21(25-23(29)30-15(2)18-5-3-4-6-19(18)24)22(31-26-14)17-9-7-16(8-10-17)13-32-12-11-20(27)28/h3-10,15,21-22H,11-13H2,1-2H3,(H,25,29)(H,27,28). The van der Waals surface area contributed by atoms with Crippen molar-refractivity contribution < 1.29 is 24.3 Å². The molecule has 9 heteroatoms. The molecule has 2 aromatic carbocycles. The first-order chi connectivity index (χ1) is 15.3. The Balaban J connectivity index is 1.58. The molecule has 0 aromatic heterocycles. The summed E-state index contributed by atoms with van der Waals surface area (Å²) in [5.74, 6) is 0.499. The number of carbonyl (C=O) groups is 2. The number of oxime groups is 1. The van der Waals surface area contributed by atoms with E-state index in [2.05, 4.69) is 10.5 Å². The number of thioether (sulfide) groups is 1. The van der Waals surface area contributed by atoms with Gasteiger partial charge in [0, 0.05) is 22.1 Å². The van der Waals surface area contributed by atoms with Crippen LogP contribution in [0.5, 0.6) is 0 Å². The molecule has 0 radical (unpaired) electrons. The summed E-state index contributed by atoms with van der Waals surface area (Å²) in [6, 6.07) is 14.6. The third-order valence-corrected chi connectivity index (χ3v) is 6.38. The Morgan fingerprint density at radius 2 is 1.97 bits per heavy atom. The lowest BCUT2D eigenvalue weighted by Gasteiger charge is -2.21. The fraction of sp³-hybridized carbons (Fsp3) is 0.348. The van der Waals surface area contributed by atoms with Gasteiger partial charge in [-0.3, -0.25) is 4.79 Å². The van der Waals surface area contributed by atoms with Gasteiger partial charge in [0.1, 0.15) is 12.1 Å². The smallest absolute Gasteiger partial charge is 0.408 e. The molecule has 1 aliphatic rings. The molecule has 0 saturated carbocycles. The number of carboxylic acid groups (broad SMARTS) is 1. The van der Waals surface area contributed by atoms with Crippen molar-refractivity contribution >= 4 is 41.1 Å². The van der Waals surface area contributed by atoms with Gasteiger partial charge in [-0.15, -0.1) is 0 Å². The van der Waals surface area contributed by atoms with Crippen LogP contribution in [0, 0.1) is 0 Å². The molecule has 170 valence electrons. The molecule has 7 nitrogen and oxygen atoms in total. The zero-order valence-corrected chi connectivity index (χ0v) is 19.4. The average molecular weight is 477 g/mol. The number of rotatable bonds is 9. The fourth-order valence-corrected chi connectivity index (χ4v) is 4.43. The van der Waals surface area contributed by atoms with Gasteiger partial charge in [-0.05, 0) is 31.0 Å². The molecule has 2 N–H and O–H groups in total. The summed E-state index contributed by atoms with van der Waals surface area (Å²) < 4.78 is 5.51. The van der Waals surface area contributed by atoms with Gasteiger partial charge in [0.15, 0.2) is 6.10 Å². The molecule has 0 fully saturated rings. The number of nitrogens with one attached hydrogen (secondary N) is 1. The van der Waals surface area contributed by atoms with Gasteiger partial charge >= 0.3 is 12.1 Å². The number of hydrogen-bond acceptors (Lipinski definition) is 6. The number of halogens is 1. The summed E-state index contributed by atoms with van der Waals surface area (Å²) in [5, 5.41) is 16.1. The van der Waals surface area contributed by atoms with Gasteiger partial charge in [0.2, 0.25) is 0 Å². The van der Waals surface area contributed by atoms with Gasteiger partial charge in [0.05, 0.1) is 12.1 Å². The van der Waals surface area contributed by atoms with E-state index in [1.165, 1.54) is 0 Å². The number of hydrogen-bond donors (Lipinski definition) is 2. The number of benzene rings is 2. The normalized spacial score (nSPS) is 18.4. The first kappa shape index (κ1) is 23.9. The van der Waals surface area contributed by atoms with Gasteiger partial charge in [-0.1, -0.05) is 59.2 Å². The number of alkyl carbamates (subject to hydrolysis) is 1. The number of carbonyl (C=O) groups excluding carboxylic acids is 1. The number of carboxylic acids is 1. The van der Waals surface area contributed by atoms with E-state index in [4.69, 9.17) is 26.3 Å². The Morgan fingerprint density at radius 1 is 1.25 bits per heavy atom. The first-order valence-corrected chi connectivity index (χ1v) is 11.7. The van der Waals surface area contributed by atoms with E-state index in [1.54, 1.807) is 31.7 Å². The van der Waals surface area contributed by atoms with E-state index in [1.807, 2.05) is 42.5 Å². The molecule has 2 aromatic rings. The van der Waals surface area contributed by atoms with Crippen LogP contribution in [0.2, 0.25) is 5.02 Å². The molecule has 0 saturated heterocycles. The number of amides is 1. The predicted molar refractivity (Wildman–Crippen MR) is 125 cm³/mol. The van der Waals surface area contributed by atoms with Crippen molar-refractivity contribution in [3.8, 4) is 0 Å². The summed E-state index contributed by atoms with van der Waals surface area (Å²) in [5.41, 5.74) is 3.32. The SMILES string of the molecule is CC1=NOC(c2ccc(CSCCC(=O)O)cc2)C1NC(=O)OC(C)c1ccccc1Cl. The van der Waals surface area contributed by atoms with Crippen molar-refractivity contribution in [2.24, 2.45) is 5.16 Å². The van der Waals surface area contributed by atoms with Crippen LogP contribution in [0.3, 0.4) is 0 Å². The molecule has 1 amide bonds. The van der Waals surface area contributed by atoms with Crippen LogP contribution in [-0.4, -0.2) is 34.7 Å². The molecule has 0 aliphatic carbocycles. The summed E-state index contributed by atoms with van der Waals surface area (Å²) in [7, 11) is 0. The summed E-state index contributed by atoms with van der Waals surface area (Å²) in [4.78, 5) is 28.7. The van der Waals surface area contributed by atoms with Crippen LogP contribution in [0.4, 0.5) is 4.79 Å². The van der Waals surface area contributed by atoms with E-state index in [9.17, 15) is 9.59 Å². The van der Waals surface area contributed by atoms with Crippen molar-refractivity contribution in [3.05, 3.63) is 70.2 Å². The zero-order valence-electron chi connectivity index (χ0n) is 17.8. The lowest BCUT2D eigenvalue weighted by molar-refractivity contribution is -0.136. The third kappa shape index (κ3) is 6.40. The second kappa shape index (κ2) is 11.2. The van der Waals surface area contributed by atoms with Crippen molar-refractivity contribution in [2.75, 3.05) is 5.75 Å². The molecule has 1 heterocycles. The highest BCUT2D eigenvalue weighted by Crippen LogP contribution is 2.30. The molecule has 3 unspecified atom stereocenters. The van der Waals surface area contributed by atoms with Gasteiger partial charge in [-0.25, -0.2) is 4.79 Å². The van der Waals surface area contributed by atoms with Gasteiger partial charge in [0.25, 0.3) is 0 Å². The maximum atomic E-state index is 12.5. The molecule has 0 spiro atoms. The molecule has 1 aliphatic heterocycles. The molecule has 3 atom stereocenters. The highest BCUT2D eigenvalue weighted by atomic mass is 35.5. The van der Waals surface area contributed by atoms with Crippen LogP contribution in [-0.2, 0) is 20.1 Å². The second-order valence-electron chi connectivity index (χ2n) is 7.39. The Morgan fingerprint density at radius 3 is 2.66 bits per heavy atom. The predicted octanol–water partition coefficient (Wildman–Crippen LogP) is 5.35. The van der Waals surface area contributed by atoms with E-state index in [-0.39, 0.29) is 6.42 Å². The highest BCUT2D eigenvalue weighted by Gasteiger charge is 2.35. The second-order valence-corrected chi connectivity index (χ2v) is 8.90. The third-order valence-electron chi connectivity index (χ3n) is 5.00. The monoisotopic (exact) mass is 476 g/mol. The number of nitrogens with zero attached hydrogens (tertiary/aromatic N) is 1. The Labute approximate surface area is 196 Å². The molecule has 0 bridgehead atoms. The Hall–Kier alpha value is -2.71. The minimum Gasteiger partial charge on any atom is -0.481 e. The summed E-state index contributed by atoms with van der Waals surface area (Å²) in [6.45, 7) is 3.55. The molecular weight excluding hydrogens is 452 g/mol. The van der Waals surface area contributed by atoms with Crippen LogP contribution >= 0.6 is 23.4 Å². The lowest BCUT2D eigenvalue weighted by atomic mass is 9.99. The van der Waals surface area contributed by atoms with Crippen LogP contribution in [0.1, 0.15) is 49.2 Å². The van der Waals surface area contributed by atoms with Gasteiger partial charge < -0.3 is 20.0 Å². The maximum absolute atomic E-state index is 12.5. The first-order valence-electron chi connectivity index (χ1n) is 10.2. The van der Waals surface area contributed by atoms with E-state index < -0.39 is 30.3 Å². The van der Waals surface area contributed by atoms with Crippen molar-refractivity contribution in [1.29, 1.82) is 0 Å². The van der Waals surface area contributed by atoms with Gasteiger partial charge in [-0.2, -0.15) is 11.8 Å². The van der Waals surface area contributed by atoms with E-state index >= 15 is 0 Å². The quantitative estimate of drug-likeness (QED) is 0.473. The van der Waals surface area contributed by atoms with Crippen LogP contribution in [0.25, 0.3) is 0 Å². The molecule has 32 heavy (non-hydrogen) atoms. The van der Waals surface area contributed by atoms with Crippen molar-refractivity contribution in [1.82, 2.24) is 5.32 Å². The minimum absolute atomic E-state index is 0.147. The molecular formula is C23H25ClN2O5S. The number of aliphatic carboxylic acids is 1. The highest BCUT2D eigenvalue weighted by molar-refractivity contribution is 7.98. The zero-order chi connectivity index (χ0) is 23.1. The summed E-state index contributed by atoms with van der Waals surface area (Å²) in [6.07, 6.45) is -1.42. The fourth-order valence-electron chi connectivity index (χ4n) is 3.25. The van der Waals surface area contributed by atoms with E-state index in [0.29, 0.717) is 16.5 Å². The maximum Gasteiger partial charge on any atom is 0.408 e. The number of ether oxygens (including phenoxy) is 1. The Kier molecular flexibility index (Phi) is 8.41. The van der Waals surface area contributed by atoms with Crippen LogP contribution < -0.4 is 5.32 Å². The minimum atomic E-state index is -0.792. The van der Waals surface area contributed by atoms with Crippen molar-refractivity contribution in [2.45, 2.75) is 44.3 Å². The topological polar surface area (TPSA) is 97.2 Å². The average Bonchev–Trinajstić information content (AvgIpc) is 3.11. The van der Waals surface area contributed by atoms with Crippen molar-refractivity contribution in [3.63, 3.8) is 0 Å².